The first kappa shape index (κ1) is 25.1. The zero-order valence-electron chi connectivity index (χ0n) is 20.7. The molecular formula is C26H40N2O3S. The normalized spacial score (nSPS) is 32.8. The van der Waals surface area contributed by atoms with Crippen LogP contribution >= 0.6 is 11.3 Å². The quantitative estimate of drug-likeness (QED) is 0.561. The number of hydrogen-bond acceptors (Lipinski definition) is 5. The summed E-state index contributed by atoms with van der Waals surface area (Å²) in [5, 5.41) is 6.21. The molecule has 1 aromatic rings. The lowest BCUT2D eigenvalue weighted by molar-refractivity contribution is -0.128. The van der Waals surface area contributed by atoms with Crippen LogP contribution in [0.15, 0.2) is 11.0 Å². The monoisotopic (exact) mass is 460 g/mol. The van der Waals surface area contributed by atoms with Crippen LogP contribution in [0.3, 0.4) is 0 Å². The van der Waals surface area contributed by atoms with Crippen LogP contribution in [0.1, 0.15) is 96.7 Å². The van der Waals surface area contributed by atoms with Gasteiger partial charge in [0.25, 0.3) is 0 Å². The SMILES string of the molecule is CC(=Cc1csc(C)n1)C12CCNC(=O)CCC(C)(C)C(=O)CCC(C)CCCC1(C)O2. The van der Waals surface area contributed by atoms with Crippen LogP contribution in [0.4, 0.5) is 0 Å². The summed E-state index contributed by atoms with van der Waals surface area (Å²) in [5.74, 6) is 0.803. The summed E-state index contributed by atoms with van der Waals surface area (Å²) >= 11 is 1.65. The van der Waals surface area contributed by atoms with Gasteiger partial charge in [-0.3, -0.25) is 9.59 Å². The van der Waals surface area contributed by atoms with Crippen molar-refractivity contribution in [2.24, 2.45) is 11.3 Å². The first-order valence-electron chi connectivity index (χ1n) is 12.1. The summed E-state index contributed by atoms with van der Waals surface area (Å²) in [6, 6.07) is 0. The van der Waals surface area contributed by atoms with Crippen LogP contribution in [-0.4, -0.2) is 34.4 Å². The molecule has 0 saturated carbocycles. The molecule has 3 heterocycles. The number of thiazole rings is 1. The number of aryl methyl sites for hydroxylation is 1. The fraction of sp³-hybridized carbons (Fsp3) is 0.731. The van der Waals surface area contributed by atoms with E-state index in [9.17, 15) is 9.59 Å². The van der Waals surface area contributed by atoms with Gasteiger partial charge in [0.05, 0.1) is 16.3 Å². The van der Waals surface area contributed by atoms with Crippen molar-refractivity contribution in [1.29, 1.82) is 0 Å². The Hall–Kier alpha value is -1.53. The predicted molar refractivity (Wildman–Crippen MR) is 131 cm³/mol. The number of epoxide rings is 1. The van der Waals surface area contributed by atoms with Gasteiger partial charge in [-0.05, 0) is 57.6 Å². The van der Waals surface area contributed by atoms with Crippen molar-refractivity contribution in [3.8, 4) is 0 Å². The smallest absolute Gasteiger partial charge is 0.220 e. The van der Waals surface area contributed by atoms with Crippen molar-refractivity contribution in [3.63, 3.8) is 0 Å². The third-order valence-electron chi connectivity index (χ3n) is 7.60. The van der Waals surface area contributed by atoms with Crippen LogP contribution < -0.4 is 5.32 Å². The molecule has 178 valence electrons. The Balaban J connectivity index is 1.76. The van der Waals surface area contributed by atoms with Gasteiger partial charge in [-0.15, -0.1) is 11.3 Å². The van der Waals surface area contributed by atoms with E-state index in [1.54, 1.807) is 11.3 Å². The minimum atomic E-state index is -0.446. The first-order valence-corrected chi connectivity index (χ1v) is 13.0. The highest BCUT2D eigenvalue weighted by Crippen LogP contribution is 2.58. The fourth-order valence-electron chi connectivity index (χ4n) is 5.09. The number of rotatable bonds is 2. The second-order valence-electron chi connectivity index (χ2n) is 10.7. The lowest BCUT2D eigenvalue weighted by Gasteiger charge is -2.24. The summed E-state index contributed by atoms with van der Waals surface area (Å²) in [6.07, 6.45) is 8.54. The lowest BCUT2D eigenvalue weighted by atomic mass is 9.79. The maximum Gasteiger partial charge on any atom is 0.220 e. The highest BCUT2D eigenvalue weighted by Gasteiger charge is 2.66. The molecule has 3 atom stereocenters. The van der Waals surface area contributed by atoms with E-state index in [2.05, 4.69) is 42.5 Å². The molecule has 0 aromatic carbocycles. The Bertz CT molecular complexity index is 874. The molecular weight excluding hydrogens is 420 g/mol. The van der Waals surface area contributed by atoms with Crippen LogP contribution in [0.2, 0.25) is 0 Å². The Morgan fingerprint density at radius 1 is 1.19 bits per heavy atom. The van der Waals surface area contributed by atoms with Gasteiger partial charge in [-0.2, -0.15) is 0 Å². The highest BCUT2D eigenvalue weighted by molar-refractivity contribution is 7.09. The molecule has 2 saturated heterocycles. The molecule has 3 unspecified atom stereocenters. The summed E-state index contributed by atoms with van der Waals surface area (Å²) in [5.41, 5.74) is 1.14. The molecule has 2 aliphatic heterocycles. The molecule has 1 aromatic heterocycles. The van der Waals surface area contributed by atoms with Gasteiger partial charge in [0.2, 0.25) is 5.91 Å². The van der Waals surface area contributed by atoms with Gasteiger partial charge in [-0.25, -0.2) is 4.98 Å². The topological polar surface area (TPSA) is 71.6 Å². The Labute approximate surface area is 197 Å². The number of aromatic nitrogens is 1. The number of ether oxygens (including phenoxy) is 1. The number of Topliss-reactive ketones (excluding diaryl/α,β-unsaturated/α-hetero) is 1. The van der Waals surface area contributed by atoms with Gasteiger partial charge in [0.15, 0.2) is 0 Å². The number of amides is 1. The van der Waals surface area contributed by atoms with E-state index in [0.29, 0.717) is 31.7 Å². The molecule has 3 rings (SSSR count). The number of hydrogen-bond donors (Lipinski definition) is 1. The average Bonchev–Trinajstić information content (AvgIpc) is 3.10. The Morgan fingerprint density at radius 2 is 1.94 bits per heavy atom. The van der Waals surface area contributed by atoms with Gasteiger partial charge in [0, 0.05) is 36.6 Å². The van der Waals surface area contributed by atoms with Crippen molar-refractivity contribution in [1.82, 2.24) is 10.3 Å². The molecule has 2 aliphatic rings. The van der Waals surface area contributed by atoms with E-state index >= 15 is 0 Å². The molecule has 2 fully saturated rings. The van der Waals surface area contributed by atoms with E-state index < -0.39 is 5.41 Å². The molecule has 5 nitrogen and oxygen atoms in total. The van der Waals surface area contributed by atoms with Gasteiger partial charge in [-0.1, -0.05) is 33.6 Å². The first-order chi connectivity index (χ1) is 15.0. The molecule has 6 heteroatoms. The maximum absolute atomic E-state index is 12.7. The minimum Gasteiger partial charge on any atom is -0.358 e. The number of fused-ring (bicyclic) bond motifs is 1. The molecule has 0 radical (unpaired) electrons. The van der Waals surface area contributed by atoms with Crippen molar-refractivity contribution in [2.75, 3.05) is 6.54 Å². The predicted octanol–water partition coefficient (Wildman–Crippen LogP) is 5.86. The van der Waals surface area contributed by atoms with Crippen molar-refractivity contribution in [2.45, 2.75) is 104 Å². The van der Waals surface area contributed by atoms with E-state index in [1.807, 2.05) is 20.8 Å². The number of ketones is 1. The molecule has 0 bridgehead atoms. The van der Waals surface area contributed by atoms with Gasteiger partial charge in [0.1, 0.15) is 11.4 Å². The number of nitrogens with one attached hydrogen (secondary N) is 1. The maximum atomic E-state index is 12.7. The molecule has 1 amide bonds. The van der Waals surface area contributed by atoms with Crippen molar-refractivity contribution in [3.05, 3.63) is 21.7 Å². The van der Waals surface area contributed by atoms with E-state index in [1.165, 1.54) is 5.57 Å². The fourth-order valence-corrected chi connectivity index (χ4v) is 5.66. The third-order valence-corrected chi connectivity index (χ3v) is 8.39. The summed E-state index contributed by atoms with van der Waals surface area (Å²) in [6.45, 7) is 13.1. The third kappa shape index (κ3) is 5.69. The number of carbonyl (C=O) groups excluding carboxylic acids is 2. The van der Waals surface area contributed by atoms with E-state index in [4.69, 9.17) is 4.74 Å². The van der Waals surface area contributed by atoms with Crippen LogP contribution in [0.25, 0.3) is 6.08 Å². The lowest BCUT2D eigenvalue weighted by Crippen LogP contribution is -2.34. The highest BCUT2D eigenvalue weighted by atomic mass is 32.1. The molecule has 1 N–H and O–H groups in total. The average molecular weight is 461 g/mol. The second kappa shape index (κ2) is 9.76. The molecule has 32 heavy (non-hydrogen) atoms. The second-order valence-corrected chi connectivity index (χ2v) is 11.8. The van der Waals surface area contributed by atoms with Gasteiger partial charge >= 0.3 is 0 Å². The summed E-state index contributed by atoms with van der Waals surface area (Å²) in [7, 11) is 0. The van der Waals surface area contributed by atoms with Crippen LogP contribution in [-0.2, 0) is 14.3 Å². The molecule has 0 spiro atoms. The van der Waals surface area contributed by atoms with E-state index in [0.717, 1.165) is 42.8 Å². The Morgan fingerprint density at radius 3 is 2.62 bits per heavy atom. The van der Waals surface area contributed by atoms with E-state index in [-0.39, 0.29) is 22.9 Å². The molecule has 0 aliphatic carbocycles. The van der Waals surface area contributed by atoms with Crippen LogP contribution in [0, 0.1) is 18.3 Å². The zero-order valence-corrected chi connectivity index (χ0v) is 21.5. The van der Waals surface area contributed by atoms with Crippen molar-refractivity contribution >= 4 is 29.1 Å². The van der Waals surface area contributed by atoms with Gasteiger partial charge < -0.3 is 10.1 Å². The Kier molecular flexibility index (Phi) is 7.66. The summed E-state index contributed by atoms with van der Waals surface area (Å²) < 4.78 is 6.48. The van der Waals surface area contributed by atoms with Crippen molar-refractivity contribution < 1.29 is 14.3 Å². The summed E-state index contributed by atoms with van der Waals surface area (Å²) in [4.78, 5) is 29.8. The largest absolute Gasteiger partial charge is 0.358 e. The van der Waals surface area contributed by atoms with Crippen LogP contribution in [0.5, 0.6) is 0 Å². The standard InChI is InChI=1S/C26H40N2O3S/c1-18-8-7-12-25(6)26(31-25,19(2)16-21-17-32-20(3)28-21)14-15-27-23(30)11-13-24(4,5)22(29)10-9-18/h16-18H,7-15H2,1-6H3,(H,27,30). The number of nitrogens with zero attached hydrogens (tertiary/aromatic N) is 1. The number of carbonyl (C=O) groups is 2. The zero-order chi connectivity index (χ0) is 23.6. The minimum absolute atomic E-state index is 0.0144.